The molecule has 172 valence electrons. The van der Waals surface area contributed by atoms with Crippen molar-refractivity contribution < 1.29 is 14.3 Å². The van der Waals surface area contributed by atoms with Crippen LogP contribution in [0, 0.1) is 23.1 Å². The van der Waals surface area contributed by atoms with Gasteiger partial charge in [-0.25, -0.2) is 9.18 Å². The van der Waals surface area contributed by atoms with Crippen molar-refractivity contribution in [3.8, 4) is 17.2 Å². The first-order chi connectivity index (χ1) is 16.5. The number of hydrogen-bond acceptors (Lipinski definition) is 4. The number of likely N-dealkylation sites (tertiary alicyclic amines) is 1. The number of hydrogen-bond donors (Lipinski definition) is 2. The molecule has 7 heteroatoms. The number of aliphatic hydroxyl groups excluding tert-OH is 1. The lowest BCUT2D eigenvalue weighted by atomic mass is 9.81. The molecule has 6 nitrogen and oxygen atoms in total. The smallest absolute Gasteiger partial charge is 0.322 e. The number of rotatable bonds is 3. The van der Waals surface area contributed by atoms with E-state index in [1.807, 2.05) is 31.3 Å². The summed E-state index contributed by atoms with van der Waals surface area (Å²) in [4.78, 5) is 17.1. The Morgan fingerprint density at radius 1 is 1.15 bits per heavy atom. The average molecular weight is 457 g/mol. The van der Waals surface area contributed by atoms with Crippen LogP contribution in [0.5, 0.6) is 0 Å². The molecule has 34 heavy (non-hydrogen) atoms. The predicted octanol–water partition coefficient (Wildman–Crippen LogP) is 4.77. The number of nitrogens with zero attached hydrogens (tertiary/aromatic N) is 3. The highest BCUT2D eigenvalue weighted by Gasteiger charge is 2.47. The summed E-state index contributed by atoms with van der Waals surface area (Å²) in [6, 6.07) is 21.1. The molecule has 0 spiro atoms. The average Bonchev–Trinajstić information content (AvgIpc) is 3.31. The zero-order valence-corrected chi connectivity index (χ0v) is 18.8. The minimum Gasteiger partial charge on any atom is -0.394 e. The van der Waals surface area contributed by atoms with E-state index in [0.29, 0.717) is 12.1 Å². The topological polar surface area (TPSA) is 79.6 Å². The van der Waals surface area contributed by atoms with Gasteiger partial charge in [0, 0.05) is 25.2 Å². The molecule has 3 aromatic carbocycles. The second-order valence-electron chi connectivity index (χ2n) is 8.82. The van der Waals surface area contributed by atoms with Crippen molar-refractivity contribution in [1.82, 2.24) is 4.90 Å². The Morgan fingerprint density at radius 2 is 1.88 bits per heavy atom. The normalized spacial score (nSPS) is 20.9. The molecule has 2 heterocycles. The van der Waals surface area contributed by atoms with Crippen LogP contribution in [0.1, 0.15) is 23.6 Å². The van der Waals surface area contributed by atoms with Crippen LogP contribution in [-0.4, -0.2) is 42.3 Å². The summed E-state index contributed by atoms with van der Waals surface area (Å²) in [6.07, 6.45) is 0.742. The van der Waals surface area contributed by atoms with E-state index in [4.69, 9.17) is 5.26 Å². The zero-order chi connectivity index (χ0) is 23.8. The summed E-state index contributed by atoms with van der Waals surface area (Å²) in [5.41, 5.74) is 4.67. The summed E-state index contributed by atoms with van der Waals surface area (Å²) in [5.74, 6) is -0.434. The van der Waals surface area contributed by atoms with Crippen LogP contribution in [0.4, 0.5) is 20.6 Å². The van der Waals surface area contributed by atoms with E-state index in [0.717, 1.165) is 28.8 Å². The maximum absolute atomic E-state index is 14.2. The first-order valence-corrected chi connectivity index (χ1v) is 11.3. The number of nitriles is 1. The van der Waals surface area contributed by atoms with Gasteiger partial charge in [0.25, 0.3) is 0 Å². The van der Waals surface area contributed by atoms with Crippen LogP contribution >= 0.6 is 0 Å². The van der Waals surface area contributed by atoms with E-state index in [9.17, 15) is 14.3 Å². The fraction of sp³-hybridized carbons (Fsp3) is 0.259. The van der Waals surface area contributed by atoms with Crippen LogP contribution in [0.15, 0.2) is 66.7 Å². The van der Waals surface area contributed by atoms with Crippen LogP contribution in [0.3, 0.4) is 0 Å². The number of anilines is 2. The summed E-state index contributed by atoms with van der Waals surface area (Å²) < 4.78 is 14.2. The number of aliphatic hydroxyl groups is 1. The summed E-state index contributed by atoms with van der Waals surface area (Å²) in [7, 11) is 1.97. The second-order valence-corrected chi connectivity index (χ2v) is 8.82. The Balaban J connectivity index is 1.54. The molecule has 5 rings (SSSR count). The minimum absolute atomic E-state index is 0.0166. The molecule has 0 radical (unpaired) electrons. The second kappa shape index (κ2) is 8.81. The van der Waals surface area contributed by atoms with Gasteiger partial charge in [-0.2, -0.15) is 5.26 Å². The predicted molar refractivity (Wildman–Crippen MR) is 129 cm³/mol. The van der Waals surface area contributed by atoms with Crippen molar-refractivity contribution in [2.45, 2.75) is 18.5 Å². The number of carbonyl (C=O) groups excluding carboxylic acids is 1. The molecule has 2 amide bonds. The first-order valence-electron chi connectivity index (χ1n) is 11.3. The van der Waals surface area contributed by atoms with Crippen LogP contribution in [-0.2, 0) is 0 Å². The molecule has 3 atom stereocenters. The van der Waals surface area contributed by atoms with E-state index in [2.05, 4.69) is 22.4 Å². The van der Waals surface area contributed by atoms with Crippen LogP contribution in [0.2, 0.25) is 0 Å². The van der Waals surface area contributed by atoms with Gasteiger partial charge >= 0.3 is 6.03 Å². The van der Waals surface area contributed by atoms with Crippen molar-refractivity contribution in [3.05, 3.63) is 83.7 Å². The highest BCUT2D eigenvalue weighted by atomic mass is 19.1. The SMILES string of the molecule is CN1c2ccc(-c3ccc(C#N)cc3)cc2[C@@H]2[C@@H](CCN2C(=O)Nc2ccccc2F)[C@H]1CO. The molecular weight excluding hydrogens is 431 g/mol. The summed E-state index contributed by atoms with van der Waals surface area (Å²) in [5, 5.41) is 22.0. The van der Waals surface area contributed by atoms with Crippen molar-refractivity contribution in [2.75, 3.05) is 30.4 Å². The fourth-order valence-electron chi connectivity index (χ4n) is 5.35. The van der Waals surface area contributed by atoms with Crippen molar-refractivity contribution in [2.24, 2.45) is 5.92 Å². The standard InChI is InChI=1S/C27H25FN4O2/c1-31-24-11-10-19(18-8-6-17(15-29)7-9-18)14-21(24)26-20(25(31)16-33)12-13-32(26)27(34)30-23-5-3-2-4-22(23)28/h2-11,14,20,25-26,33H,12-13,16H2,1H3,(H,30,34)/t20-,25+,26-/m0/s1. The molecule has 0 bridgehead atoms. The number of halogens is 1. The van der Waals surface area contributed by atoms with Gasteiger partial charge in [-0.3, -0.25) is 0 Å². The Hall–Kier alpha value is -3.89. The number of urea groups is 1. The number of likely N-dealkylation sites (N-methyl/N-ethyl adjacent to an activating group) is 1. The summed E-state index contributed by atoms with van der Waals surface area (Å²) in [6.45, 7) is 0.498. The Labute approximate surface area is 197 Å². The highest BCUT2D eigenvalue weighted by Crippen LogP contribution is 2.49. The molecule has 0 unspecified atom stereocenters. The Kier molecular flexibility index (Phi) is 5.68. The lowest BCUT2D eigenvalue weighted by Crippen LogP contribution is -2.48. The van der Waals surface area contributed by atoms with Gasteiger partial charge in [0.2, 0.25) is 0 Å². The monoisotopic (exact) mass is 456 g/mol. The number of carbonyl (C=O) groups is 1. The van der Waals surface area contributed by atoms with E-state index in [-0.39, 0.29) is 36.3 Å². The number of nitrogens with one attached hydrogen (secondary N) is 1. The molecule has 0 aliphatic carbocycles. The van der Waals surface area contributed by atoms with Crippen molar-refractivity contribution in [1.29, 1.82) is 5.26 Å². The summed E-state index contributed by atoms with van der Waals surface area (Å²) >= 11 is 0. The highest BCUT2D eigenvalue weighted by molar-refractivity contribution is 5.90. The third-order valence-electron chi connectivity index (χ3n) is 7.07. The van der Waals surface area contributed by atoms with Gasteiger partial charge in [-0.05, 0) is 59.5 Å². The molecule has 1 saturated heterocycles. The molecule has 2 aliphatic rings. The first kappa shape index (κ1) is 21.9. The molecular formula is C27H25FN4O2. The lowest BCUT2D eigenvalue weighted by molar-refractivity contribution is 0.168. The van der Waals surface area contributed by atoms with Crippen molar-refractivity contribution in [3.63, 3.8) is 0 Å². The minimum atomic E-state index is -0.480. The van der Waals surface area contributed by atoms with Crippen LogP contribution in [0.25, 0.3) is 11.1 Å². The van der Waals surface area contributed by atoms with Gasteiger partial charge in [-0.15, -0.1) is 0 Å². The molecule has 0 aromatic heterocycles. The Bertz CT molecular complexity index is 1270. The maximum Gasteiger partial charge on any atom is 0.322 e. The third kappa shape index (κ3) is 3.66. The molecule has 3 aromatic rings. The van der Waals surface area contributed by atoms with Gasteiger partial charge < -0.3 is 20.2 Å². The van der Waals surface area contributed by atoms with Crippen LogP contribution < -0.4 is 10.2 Å². The maximum atomic E-state index is 14.2. The lowest BCUT2D eigenvalue weighted by Gasteiger charge is -2.44. The molecule has 2 aliphatic heterocycles. The van der Waals surface area contributed by atoms with Gasteiger partial charge in [0.15, 0.2) is 0 Å². The van der Waals surface area contributed by atoms with E-state index < -0.39 is 5.82 Å². The van der Waals surface area contributed by atoms with Gasteiger partial charge in [0.05, 0.1) is 36.0 Å². The van der Waals surface area contributed by atoms with E-state index >= 15 is 0 Å². The number of fused-ring (bicyclic) bond motifs is 3. The van der Waals surface area contributed by atoms with Gasteiger partial charge in [-0.1, -0.05) is 30.3 Å². The van der Waals surface area contributed by atoms with Crippen molar-refractivity contribution >= 4 is 17.4 Å². The Morgan fingerprint density at radius 3 is 2.59 bits per heavy atom. The number of para-hydroxylation sites is 1. The molecule has 2 N–H and O–H groups in total. The molecule has 1 fully saturated rings. The largest absolute Gasteiger partial charge is 0.394 e. The fourth-order valence-corrected chi connectivity index (χ4v) is 5.35. The zero-order valence-electron chi connectivity index (χ0n) is 18.8. The van der Waals surface area contributed by atoms with E-state index in [1.54, 1.807) is 35.2 Å². The van der Waals surface area contributed by atoms with Gasteiger partial charge in [0.1, 0.15) is 5.82 Å². The quantitative estimate of drug-likeness (QED) is 0.595. The third-order valence-corrected chi connectivity index (χ3v) is 7.07. The van der Waals surface area contributed by atoms with E-state index in [1.165, 1.54) is 6.07 Å². The number of amides is 2. The molecule has 0 saturated carbocycles. The number of benzene rings is 3.